The molecular weight excluding hydrogens is 386 g/mol. The predicted octanol–water partition coefficient (Wildman–Crippen LogP) is 5.10. The first kappa shape index (κ1) is 19.3. The Bertz CT molecular complexity index is 1250. The maximum Gasteiger partial charge on any atom is 0.170 e. The minimum atomic E-state index is -0.102. The normalized spacial score (nSPS) is 12.4. The summed E-state index contributed by atoms with van der Waals surface area (Å²) in [7, 11) is 0. The fourth-order valence-electron chi connectivity index (χ4n) is 3.72. The molecule has 148 valence electrons. The lowest BCUT2D eigenvalue weighted by molar-refractivity contribution is 0.112. The number of hydrogen-bond acceptors (Lipinski definition) is 5. The zero-order valence-electron chi connectivity index (χ0n) is 16.8. The van der Waals surface area contributed by atoms with E-state index in [0.717, 1.165) is 45.6 Å². The zero-order chi connectivity index (χ0) is 20.7. The van der Waals surface area contributed by atoms with Gasteiger partial charge in [-0.25, -0.2) is 15.0 Å². The summed E-state index contributed by atoms with van der Waals surface area (Å²) in [6.45, 7) is 8.20. The average molecular weight is 408 g/mol. The zero-order valence-corrected chi connectivity index (χ0v) is 17.6. The summed E-state index contributed by atoms with van der Waals surface area (Å²) >= 11 is 5.92. The van der Waals surface area contributed by atoms with E-state index in [1.807, 2.05) is 20.0 Å². The van der Waals surface area contributed by atoms with E-state index in [4.69, 9.17) is 21.6 Å². The van der Waals surface area contributed by atoms with Crippen LogP contribution in [0.4, 0.5) is 5.69 Å². The van der Waals surface area contributed by atoms with Crippen LogP contribution < -0.4 is 5.32 Å². The minimum absolute atomic E-state index is 0.102. The van der Waals surface area contributed by atoms with Crippen molar-refractivity contribution in [2.45, 2.75) is 40.2 Å². The molecule has 7 heteroatoms. The summed E-state index contributed by atoms with van der Waals surface area (Å²) in [6.07, 6.45) is 3.54. The molecular formula is C22H22ClN5O. The Labute approximate surface area is 174 Å². The van der Waals surface area contributed by atoms with Gasteiger partial charge in [0.05, 0.1) is 22.9 Å². The lowest BCUT2D eigenvalue weighted by atomic mass is 10.0. The maximum atomic E-state index is 11.4. The number of pyridine rings is 1. The average Bonchev–Trinajstić information content (AvgIpc) is 3.10. The molecule has 3 aromatic heterocycles. The molecule has 3 heterocycles. The number of anilines is 1. The lowest BCUT2D eigenvalue weighted by Crippen LogP contribution is -2.11. The second kappa shape index (κ2) is 7.44. The molecule has 1 atom stereocenters. The van der Waals surface area contributed by atoms with Crippen LogP contribution in [0.25, 0.3) is 16.6 Å². The van der Waals surface area contributed by atoms with E-state index in [2.05, 4.69) is 40.7 Å². The Hall–Kier alpha value is -2.99. The number of carbonyl (C=O) groups is 1. The van der Waals surface area contributed by atoms with Gasteiger partial charge in [-0.15, -0.1) is 0 Å². The van der Waals surface area contributed by atoms with Crippen molar-refractivity contribution in [3.05, 3.63) is 64.0 Å². The van der Waals surface area contributed by atoms with Gasteiger partial charge >= 0.3 is 0 Å². The summed E-state index contributed by atoms with van der Waals surface area (Å²) in [4.78, 5) is 25.2. The summed E-state index contributed by atoms with van der Waals surface area (Å²) in [5.74, 6) is 0.965. The van der Waals surface area contributed by atoms with Gasteiger partial charge in [-0.1, -0.05) is 24.6 Å². The van der Waals surface area contributed by atoms with E-state index in [9.17, 15) is 4.79 Å². The fraction of sp³-hybridized carbons (Fsp3) is 0.273. The van der Waals surface area contributed by atoms with Gasteiger partial charge in [0.2, 0.25) is 0 Å². The molecule has 0 amide bonds. The van der Waals surface area contributed by atoms with E-state index < -0.39 is 0 Å². The highest BCUT2D eigenvalue weighted by molar-refractivity contribution is 6.29. The van der Waals surface area contributed by atoms with Gasteiger partial charge in [0.1, 0.15) is 22.3 Å². The van der Waals surface area contributed by atoms with Crippen molar-refractivity contribution in [3.63, 3.8) is 0 Å². The topological polar surface area (TPSA) is 72.2 Å². The van der Waals surface area contributed by atoms with Gasteiger partial charge in [0.25, 0.3) is 0 Å². The molecule has 0 saturated heterocycles. The standard InChI is InChI=1S/C22H22ClN5O/c1-5-20-27-21-15(14(4)25-17-6-7-19(23)26-18(17)11-29)8-12(2)9-16(21)22-24-13(3)10-28(20)22/h6-11,14,25H,5H2,1-4H3. The number of aldehydes is 1. The number of benzene rings is 1. The Morgan fingerprint density at radius 3 is 2.72 bits per heavy atom. The molecule has 0 radical (unpaired) electrons. The summed E-state index contributed by atoms with van der Waals surface area (Å²) < 4.78 is 2.08. The number of fused-ring (bicyclic) bond motifs is 3. The molecule has 6 nitrogen and oxygen atoms in total. The molecule has 1 unspecified atom stereocenters. The van der Waals surface area contributed by atoms with Gasteiger partial charge in [-0.3, -0.25) is 9.20 Å². The number of nitrogens with one attached hydrogen (secondary N) is 1. The van der Waals surface area contributed by atoms with E-state index in [0.29, 0.717) is 12.0 Å². The number of halogens is 1. The first-order chi connectivity index (χ1) is 13.9. The molecule has 1 aromatic carbocycles. The predicted molar refractivity (Wildman–Crippen MR) is 116 cm³/mol. The van der Waals surface area contributed by atoms with Crippen LogP contribution in [0.2, 0.25) is 5.15 Å². The van der Waals surface area contributed by atoms with Crippen molar-refractivity contribution < 1.29 is 4.79 Å². The van der Waals surface area contributed by atoms with Crippen molar-refractivity contribution in [3.8, 4) is 0 Å². The van der Waals surface area contributed by atoms with E-state index in [-0.39, 0.29) is 16.9 Å². The highest BCUT2D eigenvalue weighted by atomic mass is 35.5. The number of aryl methyl sites for hydroxylation is 3. The molecule has 0 fully saturated rings. The minimum Gasteiger partial charge on any atom is -0.377 e. The van der Waals surface area contributed by atoms with Crippen LogP contribution in [-0.2, 0) is 6.42 Å². The first-order valence-corrected chi connectivity index (χ1v) is 9.96. The number of carbonyl (C=O) groups excluding carboxylic acids is 1. The largest absolute Gasteiger partial charge is 0.377 e. The number of rotatable bonds is 5. The van der Waals surface area contributed by atoms with Gasteiger partial charge in [0, 0.05) is 23.6 Å². The number of imidazole rings is 1. The third-order valence-corrected chi connectivity index (χ3v) is 5.24. The van der Waals surface area contributed by atoms with E-state index in [1.165, 1.54) is 0 Å². The Morgan fingerprint density at radius 2 is 2.00 bits per heavy atom. The highest BCUT2D eigenvalue weighted by Gasteiger charge is 2.18. The quantitative estimate of drug-likeness (QED) is 0.368. The summed E-state index contributed by atoms with van der Waals surface area (Å²) in [5.41, 5.74) is 5.90. The molecule has 29 heavy (non-hydrogen) atoms. The maximum absolute atomic E-state index is 11.4. The van der Waals surface area contributed by atoms with Gasteiger partial charge in [0.15, 0.2) is 6.29 Å². The van der Waals surface area contributed by atoms with Crippen molar-refractivity contribution in [2.24, 2.45) is 0 Å². The van der Waals surface area contributed by atoms with Crippen LogP contribution >= 0.6 is 11.6 Å². The van der Waals surface area contributed by atoms with Gasteiger partial charge in [-0.2, -0.15) is 0 Å². The summed E-state index contributed by atoms with van der Waals surface area (Å²) in [6, 6.07) is 7.59. The number of aromatic nitrogens is 4. The van der Waals surface area contributed by atoms with Gasteiger partial charge < -0.3 is 5.32 Å². The monoisotopic (exact) mass is 407 g/mol. The van der Waals surface area contributed by atoms with Gasteiger partial charge in [-0.05, 0) is 44.5 Å². The molecule has 0 saturated carbocycles. The Balaban J connectivity index is 1.89. The summed E-state index contributed by atoms with van der Waals surface area (Å²) in [5, 5.41) is 4.70. The molecule has 1 N–H and O–H groups in total. The van der Waals surface area contributed by atoms with Crippen LogP contribution in [0, 0.1) is 13.8 Å². The third-order valence-electron chi connectivity index (χ3n) is 5.03. The smallest absolute Gasteiger partial charge is 0.170 e. The second-order valence-corrected chi connectivity index (χ2v) is 7.65. The molecule has 0 spiro atoms. The Kier molecular flexibility index (Phi) is 4.96. The number of nitrogens with zero attached hydrogens (tertiary/aromatic N) is 4. The van der Waals surface area contributed by atoms with E-state index >= 15 is 0 Å². The van der Waals surface area contributed by atoms with Crippen molar-refractivity contribution >= 4 is 40.1 Å². The molecule has 4 rings (SSSR count). The third kappa shape index (κ3) is 3.44. The van der Waals surface area contributed by atoms with Crippen LogP contribution in [0.1, 0.15) is 53.0 Å². The van der Waals surface area contributed by atoms with Crippen molar-refractivity contribution in [1.29, 1.82) is 0 Å². The van der Waals surface area contributed by atoms with Crippen LogP contribution in [0.5, 0.6) is 0 Å². The van der Waals surface area contributed by atoms with Crippen LogP contribution in [0.15, 0.2) is 30.5 Å². The van der Waals surface area contributed by atoms with Crippen LogP contribution in [-0.4, -0.2) is 25.6 Å². The van der Waals surface area contributed by atoms with Crippen molar-refractivity contribution in [1.82, 2.24) is 19.4 Å². The molecule has 0 aliphatic rings. The Morgan fingerprint density at radius 1 is 1.21 bits per heavy atom. The first-order valence-electron chi connectivity index (χ1n) is 9.58. The lowest BCUT2D eigenvalue weighted by Gasteiger charge is -2.20. The molecule has 0 aliphatic heterocycles. The van der Waals surface area contributed by atoms with E-state index in [1.54, 1.807) is 12.1 Å². The molecule has 4 aromatic rings. The fourth-order valence-corrected chi connectivity index (χ4v) is 3.88. The highest BCUT2D eigenvalue weighted by Crippen LogP contribution is 2.31. The second-order valence-electron chi connectivity index (χ2n) is 7.26. The molecule has 0 bridgehead atoms. The van der Waals surface area contributed by atoms with Crippen LogP contribution in [0.3, 0.4) is 0 Å². The SMILES string of the molecule is CCc1nc2c(C(C)Nc3ccc(Cl)nc3C=O)cc(C)cc2c2nc(C)cn12. The number of hydrogen-bond donors (Lipinski definition) is 1. The molecule has 0 aliphatic carbocycles. The van der Waals surface area contributed by atoms with Crippen molar-refractivity contribution in [2.75, 3.05) is 5.32 Å².